The van der Waals surface area contributed by atoms with Crippen LogP contribution >= 0.6 is 0 Å². The van der Waals surface area contributed by atoms with Gasteiger partial charge in [-0.1, -0.05) is 25.1 Å². The van der Waals surface area contributed by atoms with Crippen molar-refractivity contribution in [2.45, 2.75) is 78.1 Å². The Morgan fingerprint density at radius 2 is 2.00 bits per heavy atom. The zero-order valence-corrected chi connectivity index (χ0v) is 21.0. The number of nitrogens with zero attached hydrogens (tertiary/aromatic N) is 1. The second-order valence-electron chi connectivity index (χ2n) is 9.98. The molecule has 1 fully saturated rings. The molecule has 1 aliphatic heterocycles. The van der Waals surface area contributed by atoms with Gasteiger partial charge in [0, 0.05) is 31.7 Å². The van der Waals surface area contributed by atoms with Crippen molar-refractivity contribution in [2.75, 3.05) is 13.7 Å². The molecule has 0 radical (unpaired) electrons. The first-order chi connectivity index (χ1) is 16.0. The summed E-state index contributed by atoms with van der Waals surface area (Å²) in [7, 11) is 1.52. The van der Waals surface area contributed by atoms with E-state index in [-0.39, 0.29) is 24.4 Å². The lowest BCUT2D eigenvalue weighted by atomic mass is 9.75. The van der Waals surface area contributed by atoms with Crippen LogP contribution in [0.5, 0.6) is 0 Å². The molecule has 8 heteroatoms. The molecule has 1 N–H and O–H groups in total. The van der Waals surface area contributed by atoms with Crippen LogP contribution in [0.15, 0.2) is 30.5 Å². The fraction of sp³-hybridized carbons (Fsp3) is 0.577. The first-order valence-corrected chi connectivity index (χ1v) is 11.8. The van der Waals surface area contributed by atoms with Crippen LogP contribution in [0.3, 0.4) is 0 Å². The number of para-hydroxylation sites is 1. The highest BCUT2D eigenvalue weighted by atomic mass is 16.6. The van der Waals surface area contributed by atoms with E-state index in [1.807, 2.05) is 58.9 Å². The van der Waals surface area contributed by atoms with Crippen LogP contribution in [0.4, 0.5) is 4.79 Å². The Morgan fingerprint density at radius 3 is 2.59 bits per heavy atom. The average Bonchev–Trinajstić information content (AvgIpc) is 3.28. The maximum absolute atomic E-state index is 12.7. The van der Waals surface area contributed by atoms with Gasteiger partial charge in [-0.2, -0.15) is 0 Å². The van der Waals surface area contributed by atoms with Crippen molar-refractivity contribution >= 4 is 28.9 Å². The third-order valence-corrected chi connectivity index (χ3v) is 6.37. The van der Waals surface area contributed by atoms with Crippen molar-refractivity contribution in [1.82, 2.24) is 9.88 Å². The molecule has 3 rings (SSSR count). The Balaban J connectivity index is 1.66. The minimum atomic E-state index is -0.799. The monoisotopic (exact) mass is 472 g/mol. The largest absolute Gasteiger partial charge is 0.462 e. The van der Waals surface area contributed by atoms with Gasteiger partial charge >= 0.3 is 12.1 Å². The molecule has 2 aromatic rings. The predicted octanol–water partition coefficient (Wildman–Crippen LogP) is 4.22. The van der Waals surface area contributed by atoms with Gasteiger partial charge in [0.2, 0.25) is 5.91 Å². The van der Waals surface area contributed by atoms with Crippen LogP contribution in [0.1, 0.15) is 59.4 Å². The number of carbonyl (C=O) groups excluding carboxylic acids is 3. The quantitative estimate of drug-likeness (QED) is 0.578. The fourth-order valence-electron chi connectivity index (χ4n) is 4.71. The number of nitrogens with one attached hydrogen (secondary N) is 1. The summed E-state index contributed by atoms with van der Waals surface area (Å²) in [4.78, 5) is 37.9. The van der Waals surface area contributed by atoms with Gasteiger partial charge in [0.25, 0.3) is 0 Å². The van der Waals surface area contributed by atoms with Crippen molar-refractivity contribution in [1.29, 1.82) is 0 Å². The first-order valence-electron chi connectivity index (χ1n) is 11.8. The molecule has 1 amide bonds. The second-order valence-corrected chi connectivity index (χ2v) is 9.98. The standard InChI is InChI=1S/C26H36N2O6/c1-7-26(15-17(2)33-23(26)30)21(32-6)14-22(29)27-13-12-18-16-28(24(31)34-25(3,4)5)20-11-9-8-10-19(18)20/h8-11,16-17,21H,7,12-15H2,1-6H3,(H,27,29)/t17-,21-,26+/m0/s1. The SMILES string of the molecule is CC[C@]1([C@H](CC(=O)NCCc2cn(C(=O)OC(C)(C)C)c3ccccc23)OC)C[C@H](C)OC1=O. The summed E-state index contributed by atoms with van der Waals surface area (Å²) >= 11 is 0. The van der Waals surface area contributed by atoms with Crippen LogP contribution in [0, 0.1) is 5.41 Å². The molecular weight excluding hydrogens is 436 g/mol. The van der Waals surface area contributed by atoms with Crippen molar-refractivity contribution < 1.29 is 28.6 Å². The maximum atomic E-state index is 12.7. The molecule has 2 heterocycles. The maximum Gasteiger partial charge on any atom is 0.419 e. The predicted molar refractivity (Wildman–Crippen MR) is 129 cm³/mol. The number of fused-ring (bicyclic) bond motifs is 1. The molecular formula is C26H36N2O6. The lowest BCUT2D eigenvalue weighted by Gasteiger charge is -2.31. The van der Waals surface area contributed by atoms with E-state index in [2.05, 4.69) is 5.32 Å². The van der Waals surface area contributed by atoms with Crippen LogP contribution < -0.4 is 5.32 Å². The van der Waals surface area contributed by atoms with Crippen LogP contribution in [-0.4, -0.2) is 54.0 Å². The van der Waals surface area contributed by atoms with Gasteiger partial charge in [0.1, 0.15) is 11.7 Å². The first kappa shape index (κ1) is 25.7. The van der Waals surface area contributed by atoms with Crippen LogP contribution in [0.2, 0.25) is 0 Å². The highest BCUT2D eigenvalue weighted by Gasteiger charge is 2.52. The highest BCUT2D eigenvalue weighted by Crippen LogP contribution is 2.42. The number of hydrogen-bond donors (Lipinski definition) is 1. The topological polar surface area (TPSA) is 95.9 Å². The lowest BCUT2D eigenvalue weighted by Crippen LogP contribution is -2.43. The van der Waals surface area contributed by atoms with Crippen molar-refractivity contribution in [3.05, 3.63) is 36.0 Å². The van der Waals surface area contributed by atoms with Crippen molar-refractivity contribution in [3.63, 3.8) is 0 Å². The van der Waals surface area contributed by atoms with Gasteiger partial charge in [-0.05, 0) is 52.2 Å². The van der Waals surface area contributed by atoms with E-state index in [0.29, 0.717) is 25.8 Å². The number of ether oxygens (including phenoxy) is 3. The van der Waals surface area contributed by atoms with E-state index < -0.39 is 23.2 Å². The average molecular weight is 473 g/mol. The van der Waals surface area contributed by atoms with Gasteiger partial charge in [-0.25, -0.2) is 4.79 Å². The number of rotatable bonds is 8. The third kappa shape index (κ3) is 5.43. The van der Waals surface area contributed by atoms with Gasteiger partial charge in [-0.15, -0.1) is 0 Å². The Bertz CT molecular complexity index is 1050. The van der Waals surface area contributed by atoms with E-state index in [9.17, 15) is 14.4 Å². The molecule has 34 heavy (non-hydrogen) atoms. The molecule has 0 saturated carbocycles. The molecule has 0 spiro atoms. The molecule has 186 valence electrons. The van der Waals surface area contributed by atoms with Gasteiger partial charge in [0.05, 0.1) is 23.5 Å². The number of cyclic esters (lactones) is 1. The molecule has 0 aliphatic carbocycles. The molecule has 0 unspecified atom stereocenters. The van der Waals surface area contributed by atoms with E-state index in [4.69, 9.17) is 14.2 Å². The second kappa shape index (κ2) is 10.2. The van der Waals surface area contributed by atoms with Gasteiger partial charge in [-0.3, -0.25) is 14.2 Å². The summed E-state index contributed by atoms with van der Waals surface area (Å²) in [6, 6.07) is 7.61. The molecule has 1 aromatic heterocycles. The zero-order valence-electron chi connectivity index (χ0n) is 21.0. The number of esters is 1. The number of carbonyl (C=O) groups is 3. The van der Waals surface area contributed by atoms with Crippen molar-refractivity contribution in [2.24, 2.45) is 5.41 Å². The van der Waals surface area contributed by atoms with E-state index >= 15 is 0 Å². The molecule has 3 atom stereocenters. The number of hydrogen-bond acceptors (Lipinski definition) is 6. The normalized spacial score (nSPS) is 21.4. The van der Waals surface area contributed by atoms with Crippen molar-refractivity contribution in [3.8, 4) is 0 Å². The van der Waals surface area contributed by atoms with E-state index in [0.717, 1.165) is 16.5 Å². The summed E-state index contributed by atoms with van der Waals surface area (Å²) in [6.07, 6.45) is 2.29. The summed E-state index contributed by atoms with van der Waals surface area (Å²) < 4.78 is 18.0. The molecule has 1 saturated heterocycles. The smallest absolute Gasteiger partial charge is 0.419 e. The third-order valence-electron chi connectivity index (χ3n) is 6.37. The molecule has 1 aromatic carbocycles. The minimum absolute atomic E-state index is 0.0752. The Hall–Kier alpha value is -2.87. The molecule has 1 aliphatic rings. The lowest BCUT2D eigenvalue weighted by molar-refractivity contribution is -0.156. The van der Waals surface area contributed by atoms with Gasteiger partial charge in [0.15, 0.2) is 0 Å². The Kier molecular flexibility index (Phi) is 7.70. The number of amides is 1. The zero-order chi connectivity index (χ0) is 25.1. The fourth-order valence-corrected chi connectivity index (χ4v) is 4.71. The number of benzene rings is 1. The minimum Gasteiger partial charge on any atom is -0.462 e. The number of aromatic nitrogens is 1. The summed E-state index contributed by atoms with van der Waals surface area (Å²) in [5, 5.41) is 3.87. The summed E-state index contributed by atoms with van der Waals surface area (Å²) in [5.74, 6) is -0.486. The Morgan fingerprint density at radius 1 is 1.29 bits per heavy atom. The van der Waals surface area contributed by atoms with E-state index in [1.54, 1.807) is 6.20 Å². The van der Waals surface area contributed by atoms with Gasteiger partial charge < -0.3 is 19.5 Å². The highest BCUT2D eigenvalue weighted by molar-refractivity contribution is 5.92. The molecule has 0 bridgehead atoms. The molecule has 8 nitrogen and oxygen atoms in total. The van der Waals surface area contributed by atoms with Crippen LogP contribution in [-0.2, 0) is 30.2 Å². The number of methoxy groups -OCH3 is 1. The summed E-state index contributed by atoms with van der Waals surface area (Å²) in [6.45, 7) is 9.65. The van der Waals surface area contributed by atoms with Crippen LogP contribution in [0.25, 0.3) is 10.9 Å². The Labute approximate surface area is 200 Å². The van der Waals surface area contributed by atoms with E-state index in [1.165, 1.54) is 11.7 Å². The summed E-state index contributed by atoms with van der Waals surface area (Å²) in [5.41, 5.74) is 0.291.